The third-order valence-electron chi connectivity index (χ3n) is 3.50. The second-order valence-corrected chi connectivity index (χ2v) is 5.68. The molecule has 2 aliphatic heterocycles. The van der Waals surface area contributed by atoms with Crippen molar-refractivity contribution in [3.8, 4) is 0 Å². The Morgan fingerprint density at radius 2 is 2.19 bits per heavy atom. The molecule has 2 aliphatic rings. The van der Waals surface area contributed by atoms with E-state index in [2.05, 4.69) is 4.98 Å². The Hall–Kier alpha value is -1.13. The molecule has 0 aromatic carbocycles. The SMILES string of the molecule is O=C([O-])c1csc(C2=CCN(C(=O)C3COC3)CC2)n1.[Li+]. The van der Waals surface area contributed by atoms with Crippen LogP contribution in [-0.4, -0.2) is 48.1 Å². The Kier molecular flexibility index (Phi) is 5.22. The number of carboxylic acid groups (broad SMARTS) is 1. The molecule has 21 heavy (non-hydrogen) atoms. The first-order valence-corrected chi connectivity index (χ1v) is 7.26. The summed E-state index contributed by atoms with van der Waals surface area (Å²) in [5.41, 5.74) is 0.965. The second kappa shape index (κ2) is 6.75. The van der Waals surface area contributed by atoms with E-state index in [1.807, 2.05) is 11.0 Å². The molecule has 0 saturated carbocycles. The van der Waals surface area contributed by atoms with Gasteiger partial charge in [0.2, 0.25) is 5.91 Å². The van der Waals surface area contributed by atoms with Crippen LogP contribution in [0.4, 0.5) is 0 Å². The molecule has 3 heterocycles. The fourth-order valence-corrected chi connectivity index (χ4v) is 3.08. The molecule has 106 valence electrons. The van der Waals surface area contributed by atoms with Crippen LogP contribution in [0.3, 0.4) is 0 Å². The van der Waals surface area contributed by atoms with Gasteiger partial charge in [-0.15, -0.1) is 11.3 Å². The van der Waals surface area contributed by atoms with Crippen LogP contribution >= 0.6 is 11.3 Å². The molecule has 0 aliphatic carbocycles. The fraction of sp³-hybridized carbons (Fsp3) is 0.462. The summed E-state index contributed by atoms with van der Waals surface area (Å²) in [5.74, 6) is -1.11. The molecule has 1 aromatic heterocycles. The van der Waals surface area contributed by atoms with Crippen molar-refractivity contribution >= 4 is 28.8 Å². The molecule has 1 aromatic rings. The van der Waals surface area contributed by atoms with Gasteiger partial charge in [-0.3, -0.25) is 4.79 Å². The van der Waals surface area contributed by atoms with Crippen molar-refractivity contribution in [2.45, 2.75) is 6.42 Å². The Balaban J connectivity index is 0.00000161. The summed E-state index contributed by atoms with van der Waals surface area (Å²) in [6.07, 6.45) is 2.64. The second-order valence-electron chi connectivity index (χ2n) is 4.82. The van der Waals surface area contributed by atoms with Crippen molar-refractivity contribution in [2.75, 3.05) is 26.3 Å². The van der Waals surface area contributed by atoms with Crippen molar-refractivity contribution in [2.24, 2.45) is 5.92 Å². The largest absolute Gasteiger partial charge is 1.00 e. The minimum atomic E-state index is -1.26. The summed E-state index contributed by atoms with van der Waals surface area (Å²) in [6, 6.07) is 0. The van der Waals surface area contributed by atoms with E-state index in [1.54, 1.807) is 0 Å². The van der Waals surface area contributed by atoms with Crippen LogP contribution in [0.15, 0.2) is 11.5 Å². The van der Waals surface area contributed by atoms with Gasteiger partial charge in [-0.2, -0.15) is 0 Å². The van der Waals surface area contributed by atoms with Crippen LogP contribution in [-0.2, 0) is 9.53 Å². The number of ether oxygens (including phenoxy) is 1. The zero-order valence-corrected chi connectivity index (χ0v) is 12.5. The number of hydrogen-bond donors (Lipinski definition) is 0. The number of rotatable bonds is 3. The number of aromatic nitrogens is 1. The molecular formula is C13H13LiN2O4S. The van der Waals surface area contributed by atoms with E-state index in [1.165, 1.54) is 16.7 Å². The predicted octanol–water partition coefficient (Wildman–Crippen LogP) is -3.23. The van der Waals surface area contributed by atoms with E-state index in [9.17, 15) is 14.7 Å². The van der Waals surface area contributed by atoms with Gasteiger partial charge >= 0.3 is 18.9 Å². The molecule has 1 fully saturated rings. The number of amides is 1. The zero-order chi connectivity index (χ0) is 14.1. The molecule has 3 rings (SSSR count). The molecule has 0 spiro atoms. The first-order chi connectivity index (χ1) is 9.65. The molecule has 0 N–H and O–H groups in total. The van der Waals surface area contributed by atoms with Crippen molar-refractivity contribution < 1.29 is 38.3 Å². The maximum atomic E-state index is 12.0. The summed E-state index contributed by atoms with van der Waals surface area (Å²) in [7, 11) is 0. The number of hydrogen-bond acceptors (Lipinski definition) is 6. The van der Waals surface area contributed by atoms with E-state index < -0.39 is 5.97 Å². The zero-order valence-electron chi connectivity index (χ0n) is 11.7. The summed E-state index contributed by atoms with van der Waals surface area (Å²) in [5, 5.41) is 12.9. The quantitative estimate of drug-likeness (QED) is 0.548. The Morgan fingerprint density at radius 1 is 1.43 bits per heavy atom. The maximum absolute atomic E-state index is 12.0. The van der Waals surface area contributed by atoms with E-state index in [4.69, 9.17) is 4.74 Å². The summed E-state index contributed by atoms with van der Waals surface area (Å²) < 4.78 is 5.03. The monoisotopic (exact) mass is 300 g/mol. The third kappa shape index (κ3) is 3.38. The number of thiazole rings is 1. The minimum absolute atomic E-state index is 0. The molecule has 0 bridgehead atoms. The molecule has 0 radical (unpaired) electrons. The summed E-state index contributed by atoms with van der Waals surface area (Å²) in [6.45, 7) is 2.23. The van der Waals surface area contributed by atoms with Crippen LogP contribution < -0.4 is 24.0 Å². The molecule has 0 unspecified atom stereocenters. The van der Waals surface area contributed by atoms with Crippen LogP contribution in [0.5, 0.6) is 0 Å². The average molecular weight is 300 g/mol. The smallest absolute Gasteiger partial charge is 0.543 e. The molecule has 1 amide bonds. The van der Waals surface area contributed by atoms with E-state index in [0.717, 1.165) is 5.57 Å². The summed E-state index contributed by atoms with van der Waals surface area (Å²) >= 11 is 1.29. The first kappa shape index (κ1) is 16.2. The normalized spacial score (nSPS) is 18.5. The maximum Gasteiger partial charge on any atom is 1.00 e. The Labute approximate surface area is 138 Å². The number of nitrogens with zero attached hydrogens (tertiary/aromatic N) is 2. The van der Waals surface area contributed by atoms with Gasteiger partial charge in [0, 0.05) is 18.5 Å². The van der Waals surface area contributed by atoms with Crippen LogP contribution in [0.2, 0.25) is 0 Å². The van der Waals surface area contributed by atoms with E-state index in [0.29, 0.717) is 37.7 Å². The van der Waals surface area contributed by atoms with Crippen molar-refractivity contribution in [1.29, 1.82) is 0 Å². The summed E-state index contributed by atoms with van der Waals surface area (Å²) in [4.78, 5) is 28.6. The van der Waals surface area contributed by atoms with Crippen LogP contribution in [0.25, 0.3) is 5.57 Å². The molecule has 0 atom stereocenters. The number of carbonyl (C=O) groups is 2. The first-order valence-electron chi connectivity index (χ1n) is 6.38. The Morgan fingerprint density at radius 3 is 2.67 bits per heavy atom. The standard InChI is InChI=1S/C13H14N2O4S.Li/c16-12(9-5-19-6-9)15-3-1-8(2-4-15)11-14-10(7-20-11)13(17)18;/h1,7,9H,2-6H2,(H,17,18);/q;+1/p-1. The van der Waals surface area contributed by atoms with Gasteiger partial charge in [0.25, 0.3) is 0 Å². The van der Waals surface area contributed by atoms with E-state index >= 15 is 0 Å². The topological polar surface area (TPSA) is 82.6 Å². The number of carbonyl (C=O) groups excluding carboxylic acids is 2. The van der Waals surface area contributed by atoms with Gasteiger partial charge in [-0.05, 0) is 12.0 Å². The van der Waals surface area contributed by atoms with Crippen molar-refractivity contribution in [1.82, 2.24) is 9.88 Å². The molecular weight excluding hydrogens is 287 g/mol. The Bertz CT molecular complexity index is 582. The van der Waals surface area contributed by atoms with Gasteiger partial charge < -0.3 is 19.5 Å². The van der Waals surface area contributed by atoms with Crippen molar-refractivity contribution in [3.05, 3.63) is 22.2 Å². The average Bonchev–Trinajstić information content (AvgIpc) is 2.86. The number of aromatic carboxylic acids is 1. The van der Waals surface area contributed by atoms with Crippen LogP contribution in [0.1, 0.15) is 21.9 Å². The van der Waals surface area contributed by atoms with Crippen LogP contribution in [0, 0.1) is 5.92 Å². The third-order valence-corrected chi connectivity index (χ3v) is 4.41. The van der Waals surface area contributed by atoms with Gasteiger partial charge in [-0.25, -0.2) is 4.98 Å². The van der Waals surface area contributed by atoms with E-state index in [-0.39, 0.29) is 36.4 Å². The predicted molar refractivity (Wildman–Crippen MR) is 69.9 cm³/mol. The van der Waals surface area contributed by atoms with Gasteiger partial charge in [-0.1, -0.05) is 6.08 Å². The molecule has 8 heteroatoms. The minimum Gasteiger partial charge on any atom is -0.543 e. The van der Waals surface area contributed by atoms with Crippen molar-refractivity contribution in [3.63, 3.8) is 0 Å². The number of carboxylic acids is 1. The van der Waals surface area contributed by atoms with Gasteiger partial charge in [0.05, 0.1) is 30.8 Å². The molecule has 6 nitrogen and oxygen atoms in total. The molecule has 1 saturated heterocycles. The fourth-order valence-electron chi connectivity index (χ4n) is 2.22. The van der Waals surface area contributed by atoms with Gasteiger partial charge in [0.1, 0.15) is 5.01 Å². The van der Waals surface area contributed by atoms with Gasteiger partial charge in [0.15, 0.2) is 0 Å².